The number of hydrogen-bond donors (Lipinski definition) is 1. The Morgan fingerprint density at radius 1 is 1.05 bits per heavy atom. The molecule has 1 aliphatic heterocycles. The van der Waals surface area contributed by atoms with E-state index >= 15 is 0 Å². The number of carboxylic acids is 1. The lowest BCUT2D eigenvalue weighted by Crippen LogP contribution is -1.92. The van der Waals surface area contributed by atoms with Crippen LogP contribution in [0, 0.1) is 0 Å². The molecule has 1 aliphatic rings. The molecule has 1 fully saturated rings. The van der Waals surface area contributed by atoms with Crippen LogP contribution in [-0.2, 0) is 9.53 Å². The predicted molar refractivity (Wildman–Crippen MR) is 86.4 cm³/mol. The summed E-state index contributed by atoms with van der Waals surface area (Å²) in [5.41, 5.74) is 0. The number of allylic oxidation sites excluding steroid dienone is 3. The summed E-state index contributed by atoms with van der Waals surface area (Å²) < 4.78 is 5.64. The van der Waals surface area contributed by atoms with Crippen LogP contribution in [0.2, 0.25) is 0 Å². The Labute approximate surface area is 129 Å². The summed E-state index contributed by atoms with van der Waals surface area (Å²) in [5.74, 6) is -0.697. The Balaban J connectivity index is 1.88. The van der Waals surface area contributed by atoms with Crippen LogP contribution in [0.3, 0.4) is 0 Å². The minimum absolute atomic E-state index is 0.286. The molecule has 3 nitrogen and oxygen atoms in total. The van der Waals surface area contributed by atoms with Crippen molar-refractivity contribution in [2.24, 2.45) is 0 Å². The van der Waals surface area contributed by atoms with Gasteiger partial charge in [0.2, 0.25) is 0 Å². The Morgan fingerprint density at radius 2 is 1.86 bits per heavy atom. The monoisotopic (exact) mass is 294 g/mol. The van der Waals surface area contributed by atoms with Crippen LogP contribution < -0.4 is 0 Å². The first kappa shape index (κ1) is 18.0. The second kappa shape index (κ2) is 11.6. The van der Waals surface area contributed by atoms with E-state index in [4.69, 9.17) is 9.84 Å². The molecule has 0 spiro atoms. The van der Waals surface area contributed by atoms with Crippen LogP contribution in [0.4, 0.5) is 0 Å². The Bertz CT molecular complexity index is 333. The molecule has 120 valence electrons. The summed E-state index contributed by atoms with van der Waals surface area (Å²) in [5, 5.41) is 8.50. The molecule has 0 radical (unpaired) electrons. The Hall–Kier alpha value is -1.09. The number of epoxide rings is 1. The van der Waals surface area contributed by atoms with Gasteiger partial charge in [0.1, 0.15) is 0 Å². The van der Waals surface area contributed by atoms with Gasteiger partial charge >= 0.3 is 5.97 Å². The van der Waals surface area contributed by atoms with E-state index in [1.807, 2.05) is 0 Å². The van der Waals surface area contributed by atoms with E-state index in [1.165, 1.54) is 25.7 Å². The molecule has 21 heavy (non-hydrogen) atoms. The molecule has 2 atom stereocenters. The van der Waals surface area contributed by atoms with Crippen molar-refractivity contribution in [1.82, 2.24) is 0 Å². The van der Waals surface area contributed by atoms with Gasteiger partial charge in [-0.2, -0.15) is 0 Å². The van der Waals surface area contributed by atoms with Crippen molar-refractivity contribution in [3.63, 3.8) is 0 Å². The summed E-state index contributed by atoms with van der Waals surface area (Å²) in [6, 6.07) is 0. The van der Waals surface area contributed by atoms with Gasteiger partial charge in [0.15, 0.2) is 0 Å². The van der Waals surface area contributed by atoms with Crippen molar-refractivity contribution < 1.29 is 14.6 Å². The molecule has 0 amide bonds. The molecule has 1 saturated heterocycles. The standard InChI is InChI=1S/C18H30O3/c1-2-3-10-13-16-17(21-16)14-11-8-6-4-5-7-9-12-15-18(19)20/h4-5,8,11,16-17H,2-3,6-7,9-10,12-15H2,1H3,(H,19,20). The molecule has 2 unspecified atom stereocenters. The van der Waals surface area contributed by atoms with E-state index in [-0.39, 0.29) is 6.42 Å². The predicted octanol–water partition coefficient (Wildman–Crippen LogP) is 4.87. The van der Waals surface area contributed by atoms with Crippen LogP contribution in [0.25, 0.3) is 0 Å². The van der Waals surface area contributed by atoms with Gasteiger partial charge in [0.25, 0.3) is 0 Å². The maximum atomic E-state index is 10.3. The zero-order chi connectivity index (χ0) is 15.3. The van der Waals surface area contributed by atoms with Gasteiger partial charge in [-0.25, -0.2) is 0 Å². The lowest BCUT2D eigenvalue weighted by atomic mass is 10.1. The van der Waals surface area contributed by atoms with E-state index in [9.17, 15) is 4.79 Å². The summed E-state index contributed by atoms with van der Waals surface area (Å²) in [7, 11) is 0. The minimum atomic E-state index is -0.697. The number of rotatable bonds is 13. The molecular formula is C18H30O3. The number of carbonyl (C=O) groups is 1. The van der Waals surface area contributed by atoms with Crippen LogP contribution >= 0.6 is 0 Å². The van der Waals surface area contributed by atoms with Gasteiger partial charge in [-0.3, -0.25) is 4.79 Å². The van der Waals surface area contributed by atoms with Crippen molar-refractivity contribution in [1.29, 1.82) is 0 Å². The third-order valence-electron chi connectivity index (χ3n) is 3.77. The Kier molecular flexibility index (Phi) is 9.88. The van der Waals surface area contributed by atoms with E-state index < -0.39 is 5.97 Å². The molecule has 0 aliphatic carbocycles. The molecule has 0 aromatic rings. The largest absolute Gasteiger partial charge is 0.481 e. The molecule has 0 aromatic heterocycles. The van der Waals surface area contributed by atoms with Gasteiger partial charge in [0.05, 0.1) is 12.2 Å². The van der Waals surface area contributed by atoms with Crippen molar-refractivity contribution in [3.8, 4) is 0 Å². The van der Waals surface area contributed by atoms with Crippen molar-refractivity contribution in [3.05, 3.63) is 24.3 Å². The van der Waals surface area contributed by atoms with Gasteiger partial charge in [-0.1, -0.05) is 50.5 Å². The topological polar surface area (TPSA) is 49.8 Å². The number of hydrogen-bond acceptors (Lipinski definition) is 2. The highest BCUT2D eigenvalue weighted by atomic mass is 16.6. The van der Waals surface area contributed by atoms with E-state index in [2.05, 4.69) is 31.2 Å². The van der Waals surface area contributed by atoms with Crippen LogP contribution in [0.5, 0.6) is 0 Å². The fourth-order valence-electron chi connectivity index (χ4n) is 2.39. The Morgan fingerprint density at radius 3 is 2.62 bits per heavy atom. The zero-order valence-corrected chi connectivity index (χ0v) is 13.3. The number of ether oxygens (including phenoxy) is 1. The summed E-state index contributed by atoms with van der Waals surface area (Å²) >= 11 is 0. The van der Waals surface area contributed by atoms with Crippen molar-refractivity contribution in [2.45, 2.75) is 83.3 Å². The molecule has 1 heterocycles. The molecule has 0 aromatic carbocycles. The second-order valence-corrected chi connectivity index (χ2v) is 5.76. The lowest BCUT2D eigenvalue weighted by molar-refractivity contribution is -0.137. The second-order valence-electron chi connectivity index (χ2n) is 5.76. The van der Waals surface area contributed by atoms with Gasteiger partial charge in [-0.05, 0) is 38.5 Å². The van der Waals surface area contributed by atoms with Crippen molar-refractivity contribution >= 4 is 5.97 Å². The number of aliphatic carboxylic acids is 1. The first-order chi connectivity index (χ1) is 10.2. The van der Waals surface area contributed by atoms with E-state index in [1.54, 1.807) is 0 Å². The highest BCUT2D eigenvalue weighted by molar-refractivity contribution is 5.66. The molecule has 1 rings (SSSR count). The van der Waals surface area contributed by atoms with Crippen LogP contribution in [-0.4, -0.2) is 23.3 Å². The number of unbranched alkanes of at least 4 members (excludes halogenated alkanes) is 4. The van der Waals surface area contributed by atoms with E-state index in [0.29, 0.717) is 12.2 Å². The molecule has 0 saturated carbocycles. The normalized spacial score (nSPS) is 21.4. The zero-order valence-electron chi connectivity index (χ0n) is 13.3. The average Bonchev–Trinajstić information content (AvgIpc) is 3.19. The highest BCUT2D eigenvalue weighted by Gasteiger charge is 2.36. The van der Waals surface area contributed by atoms with Crippen LogP contribution in [0.15, 0.2) is 24.3 Å². The average molecular weight is 294 g/mol. The van der Waals surface area contributed by atoms with Crippen LogP contribution in [0.1, 0.15) is 71.1 Å². The maximum Gasteiger partial charge on any atom is 0.303 e. The lowest BCUT2D eigenvalue weighted by Gasteiger charge is -1.93. The smallest absolute Gasteiger partial charge is 0.303 e. The fraction of sp³-hybridized carbons (Fsp3) is 0.722. The third kappa shape index (κ3) is 10.3. The first-order valence-electron chi connectivity index (χ1n) is 8.41. The van der Waals surface area contributed by atoms with Gasteiger partial charge in [-0.15, -0.1) is 0 Å². The fourth-order valence-corrected chi connectivity index (χ4v) is 2.39. The minimum Gasteiger partial charge on any atom is -0.481 e. The SMILES string of the molecule is CCCCCC1OC1CC=CCC=CCCCCC(=O)O. The quantitative estimate of drug-likeness (QED) is 0.299. The number of carboxylic acid groups (broad SMARTS) is 1. The maximum absolute atomic E-state index is 10.3. The third-order valence-corrected chi connectivity index (χ3v) is 3.77. The first-order valence-corrected chi connectivity index (χ1v) is 8.41. The molecular weight excluding hydrogens is 264 g/mol. The highest BCUT2D eigenvalue weighted by Crippen LogP contribution is 2.30. The molecule has 3 heteroatoms. The summed E-state index contributed by atoms with van der Waals surface area (Å²) in [4.78, 5) is 10.3. The van der Waals surface area contributed by atoms with Crippen molar-refractivity contribution in [2.75, 3.05) is 0 Å². The molecule has 0 bridgehead atoms. The summed E-state index contributed by atoms with van der Waals surface area (Å²) in [6.07, 6.45) is 19.8. The van der Waals surface area contributed by atoms with E-state index in [0.717, 1.165) is 32.1 Å². The van der Waals surface area contributed by atoms with Gasteiger partial charge in [0, 0.05) is 6.42 Å². The van der Waals surface area contributed by atoms with Gasteiger partial charge < -0.3 is 9.84 Å². The summed E-state index contributed by atoms with van der Waals surface area (Å²) in [6.45, 7) is 2.23. The molecule has 1 N–H and O–H groups in total.